The first kappa shape index (κ1) is 48.9. The molecular formula is C40H47N4O15S4+. The van der Waals surface area contributed by atoms with Gasteiger partial charge in [0.2, 0.25) is 11.6 Å². The van der Waals surface area contributed by atoms with Crippen LogP contribution in [0.1, 0.15) is 51.7 Å². The van der Waals surface area contributed by atoms with Gasteiger partial charge in [-0.05, 0) is 67.8 Å². The highest BCUT2D eigenvalue weighted by Gasteiger charge is 2.45. The second kappa shape index (κ2) is 18.2. The molecule has 0 aliphatic carbocycles. The maximum Gasteiger partial charge on any atom is 0.294 e. The largest absolute Gasteiger partial charge is 0.354 e. The Balaban J connectivity index is 1.52. The zero-order valence-corrected chi connectivity index (χ0v) is 37.8. The second-order valence-corrected chi connectivity index (χ2v) is 21.8. The van der Waals surface area contributed by atoms with Crippen LogP contribution >= 0.6 is 0 Å². The van der Waals surface area contributed by atoms with Crippen molar-refractivity contribution in [2.45, 2.75) is 61.2 Å². The van der Waals surface area contributed by atoms with Crippen molar-refractivity contribution >= 4 is 75.3 Å². The van der Waals surface area contributed by atoms with Gasteiger partial charge >= 0.3 is 0 Å². The van der Waals surface area contributed by atoms with Gasteiger partial charge in [0.15, 0.2) is 12.3 Å². The molecular weight excluding hydrogens is 905 g/mol. The number of anilines is 1. The number of nitrogens with zero attached hydrogens (tertiary/aromatic N) is 3. The van der Waals surface area contributed by atoms with Gasteiger partial charge in [-0.3, -0.25) is 37.5 Å². The molecule has 2 aromatic carbocycles. The number of hydrogen-bond acceptors (Lipinski definition) is 12. The quantitative estimate of drug-likeness (QED) is 0.0621. The van der Waals surface area contributed by atoms with Crippen LogP contribution in [0.25, 0.3) is 0 Å². The molecule has 0 bridgehead atoms. The summed E-state index contributed by atoms with van der Waals surface area (Å²) in [4.78, 5) is 38.6. The molecule has 5 N–H and O–H groups in total. The van der Waals surface area contributed by atoms with E-state index in [0.717, 1.165) is 17.1 Å². The van der Waals surface area contributed by atoms with Crippen LogP contribution in [-0.2, 0) is 65.7 Å². The minimum atomic E-state index is -4.61. The molecule has 3 heterocycles. The average molecular weight is 952 g/mol. The summed E-state index contributed by atoms with van der Waals surface area (Å²) in [6.07, 6.45) is 12.1. The summed E-state index contributed by atoms with van der Waals surface area (Å²) >= 11 is 0. The van der Waals surface area contributed by atoms with Gasteiger partial charge in [-0.1, -0.05) is 38.2 Å². The number of carbonyl (C=O) groups is 3. The number of fused-ring (bicyclic) bond motifs is 2. The Bertz CT molecular complexity index is 2870. The molecule has 0 aromatic heterocycles. The molecule has 0 radical (unpaired) electrons. The van der Waals surface area contributed by atoms with E-state index in [1.54, 1.807) is 73.6 Å². The molecule has 0 spiro atoms. The number of benzene rings is 2. The van der Waals surface area contributed by atoms with Gasteiger partial charge in [-0.15, -0.1) is 0 Å². The van der Waals surface area contributed by atoms with E-state index in [0.29, 0.717) is 39.5 Å². The highest BCUT2D eigenvalue weighted by molar-refractivity contribution is 7.86. The van der Waals surface area contributed by atoms with E-state index >= 15 is 0 Å². The summed E-state index contributed by atoms with van der Waals surface area (Å²) < 4.78 is 136. The van der Waals surface area contributed by atoms with Crippen molar-refractivity contribution in [3.63, 3.8) is 0 Å². The van der Waals surface area contributed by atoms with Crippen molar-refractivity contribution < 1.29 is 70.8 Å². The van der Waals surface area contributed by atoms with Crippen LogP contribution < -0.4 is 10.2 Å². The molecule has 5 rings (SSSR count). The van der Waals surface area contributed by atoms with Gasteiger partial charge in [-0.2, -0.15) is 38.2 Å². The molecule has 3 aliphatic rings. The minimum Gasteiger partial charge on any atom is -0.354 e. The van der Waals surface area contributed by atoms with E-state index in [4.69, 9.17) is 0 Å². The second-order valence-electron chi connectivity index (χ2n) is 15.8. The van der Waals surface area contributed by atoms with Crippen LogP contribution in [-0.4, -0.2) is 122 Å². The van der Waals surface area contributed by atoms with Crippen LogP contribution in [0.5, 0.6) is 0 Å². The lowest BCUT2D eigenvalue weighted by molar-refractivity contribution is -0.432. The highest BCUT2D eigenvalue weighted by atomic mass is 32.2. The molecule has 0 saturated heterocycles. The summed E-state index contributed by atoms with van der Waals surface area (Å²) in [7, 11) is -18.1. The molecule has 0 unspecified atom stereocenters. The third-order valence-corrected chi connectivity index (χ3v) is 13.9. The predicted molar refractivity (Wildman–Crippen MR) is 231 cm³/mol. The smallest absolute Gasteiger partial charge is 0.294 e. The topological polar surface area (TPSA) is 290 Å². The van der Waals surface area contributed by atoms with Crippen molar-refractivity contribution in [1.82, 2.24) is 10.2 Å². The molecule has 63 heavy (non-hydrogen) atoms. The molecule has 19 nitrogen and oxygen atoms in total. The first-order chi connectivity index (χ1) is 29.0. The predicted octanol–water partition coefficient (Wildman–Crippen LogP) is 2.87. The van der Waals surface area contributed by atoms with Crippen molar-refractivity contribution in [3.8, 4) is 0 Å². The highest BCUT2D eigenvalue weighted by Crippen LogP contribution is 2.48. The lowest BCUT2D eigenvalue weighted by Crippen LogP contribution is -2.38. The van der Waals surface area contributed by atoms with Crippen LogP contribution in [0.3, 0.4) is 0 Å². The Morgan fingerprint density at radius 3 is 1.90 bits per heavy atom. The Labute approximate surface area is 365 Å². The summed E-state index contributed by atoms with van der Waals surface area (Å²) in [5.74, 6) is -2.78. The Kier molecular flexibility index (Phi) is 14.1. The van der Waals surface area contributed by atoms with Crippen molar-refractivity contribution in [3.05, 3.63) is 107 Å². The van der Waals surface area contributed by atoms with E-state index in [2.05, 4.69) is 5.32 Å². The van der Waals surface area contributed by atoms with Gasteiger partial charge < -0.3 is 10.2 Å². The Hall–Kier alpha value is -5.14. The number of rotatable bonds is 18. The lowest BCUT2D eigenvalue weighted by Gasteiger charge is -2.26. The zero-order chi connectivity index (χ0) is 46.9. The average Bonchev–Trinajstić information content (AvgIpc) is 3.68. The number of imide groups is 1. The maximum absolute atomic E-state index is 13.0. The molecule has 3 amide bonds. The van der Waals surface area contributed by atoms with Crippen LogP contribution in [0.2, 0.25) is 0 Å². The Morgan fingerprint density at radius 2 is 1.32 bits per heavy atom. The summed E-state index contributed by atoms with van der Waals surface area (Å²) in [5.41, 5.74) is 1.29. The number of hydrogen-bond donors (Lipinski definition) is 5. The first-order valence-corrected chi connectivity index (χ1v) is 25.2. The van der Waals surface area contributed by atoms with Crippen molar-refractivity contribution in [2.75, 3.05) is 42.6 Å². The fraction of sp³-hybridized carbons (Fsp3) is 0.350. The third-order valence-electron chi connectivity index (χ3n) is 10.8. The van der Waals surface area contributed by atoms with E-state index in [1.807, 2.05) is 0 Å². The van der Waals surface area contributed by atoms with E-state index in [-0.39, 0.29) is 48.8 Å². The molecule has 0 fully saturated rings. The molecule has 0 atom stereocenters. The van der Waals surface area contributed by atoms with Gasteiger partial charge in [0.05, 0.1) is 21.0 Å². The van der Waals surface area contributed by atoms with Crippen molar-refractivity contribution in [1.29, 1.82) is 0 Å². The fourth-order valence-corrected chi connectivity index (χ4v) is 9.42. The van der Waals surface area contributed by atoms with E-state index in [1.165, 1.54) is 36.4 Å². The molecule has 340 valence electrons. The third kappa shape index (κ3) is 11.7. The number of allylic oxidation sites excluding steroid dienone is 8. The van der Waals surface area contributed by atoms with Gasteiger partial charge in [0.25, 0.3) is 52.3 Å². The number of amides is 3. The number of carbonyl (C=O) groups excluding carboxylic acids is 3. The fourth-order valence-electron chi connectivity index (χ4n) is 7.58. The monoisotopic (exact) mass is 951 g/mol. The van der Waals surface area contributed by atoms with Gasteiger partial charge in [0, 0.05) is 72.7 Å². The standard InChI is InChI=1S/C40H46N4O15S4/c1-39(2)30-25-28(62(54,55)56)12-14-32(30)42(21-23-60(48,49)50)34(39)9-5-7-27(11-16-36(45)41-19-20-44-37(46)17-18-38(44)47)8-6-10-35-40(3,4)31-26-29(63(57,58)59)13-15-33(31)43(35)22-24-61(51,52)53/h5-10,12-15,17-18,25-26H,11,16,19-24H2,1-4H3,(H4-,41,45,48,49,50,51,52,53,54,55,56,57,58,59)/p+1. The van der Waals surface area contributed by atoms with E-state index in [9.17, 15) is 66.3 Å². The van der Waals surface area contributed by atoms with Crippen LogP contribution in [0, 0.1) is 0 Å². The lowest BCUT2D eigenvalue weighted by atomic mass is 9.81. The molecule has 2 aromatic rings. The van der Waals surface area contributed by atoms with Gasteiger partial charge in [-0.25, -0.2) is 0 Å². The van der Waals surface area contributed by atoms with E-state index < -0.39 is 80.5 Å². The normalized spacial score (nSPS) is 18.4. The SMILES string of the molecule is CC1(C)C(/C=C/C=C(/C=C/C=C2/N(CCS(=O)(=O)O)c3ccc(S(=O)(=O)O)cc3C2(C)C)CCC(=O)NCCN2C(=O)C=CC2=O)=[N+](CCS(=O)(=O)O)c2ccc(S(=O)(=O)O)cc21. The Morgan fingerprint density at radius 1 is 0.730 bits per heavy atom. The summed E-state index contributed by atoms with van der Waals surface area (Å²) in [6, 6.07) is 7.72. The maximum atomic E-state index is 13.0. The molecule has 3 aliphatic heterocycles. The van der Waals surface area contributed by atoms with Crippen molar-refractivity contribution in [2.24, 2.45) is 0 Å². The number of nitrogens with one attached hydrogen (secondary N) is 1. The van der Waals surface area contributed by atoms with Crippen LogP contribution in [0.15, 0.2) is 106 Å². The summed E-state index contributed by atoms with van der Waals surface area (Å²) in [6.45, 7) is 6.48. The first-order valence-electron chi connectivity index (χ1n) is 19.1. The van der Waals surface area contributed by atoms with Gasteiger partial charge in [0.1, 0.15) is 5.75 Å². The molecule has 0 saturated carbocycles. The zero-order valence-electron chi connectivity index (χ0n) is 34.5. The minimum absolute atomic E-state index is 0.0140. The van der Waals surface area contributed by atoms with Crippen LogP contribution in [0.4, 0.5) is 11.4 Å². The summed E-state index contributed by atoms with van der Waals surface area (Å²) in [5, 5.41) is 2.67. The molecule has 23 heteroatoms.